The highest BCUT2D eigenvalue weighted by Crippen LogP contribution is 2.51. The van der Waals surface area contributed by atoms with Gasteiger partial charge in [-0.25, -0.2) is 0 Å². The molecule has 13 heteroatoms. The molecule has 0 aromatic carbocycles. The molecule has 5 saturated heterocycles. The molecule has 7 unspecified atom stereocenters. The first-order valence-electron chi connectivity index (χ1n) is 18.3. The summed E-state index contributed by atoms with van der Waals surface area (Å²) in [4.78, 5) is 16.2. The predicted molar refractivity (Wildman–Crippen MR) is 177 cm³/mol. The maximum Gasteiger partial charge on any atom is 0.311 e. The zero-order valence-corrected chi connectivity index (χ0v) is 31.5. The van der Waals surface area contributed by atoms with Gasteiger partial charge in [0, 0.05) is 25.0 Å². The second kappa shape index (κ2) is 14.5. The fourth-order valence-corrected chi connectivity index (χ4v) is 9.33. The number of esters is 1. The molecule has 0 aliphatic carbocycles. The number of nitrogens with zero attached hydrogens (tertiary/aromatic N) is 1. The van der Waals surface area contributed by atoms with Crippen molar-refractivity contribution in [2.24, 2.45) is 23.7 Å². The molecule has 0 aromatic rings. The van der Waals surface area contributed by atoms with Gasteiger partial charge in [0.25, 0.3) is 0 Å². The number of cyclic esters (lactones) is 1. The van der Waals surface area contributed by atoms with E-state index in [9.17, 15) is 20.1 Å². The number of epoxide rings is 1. The lowest BCUT2D eigenvalue weighted by atomic mass is 9.76. The molecule has 19 atom stereocenters. The Bertz CT molecular complexity index is 1160. The fraction of sp³-hybridized carbons (Fsp3) is 0.972. The van der Waals surface area contributed by atoms with E-state index >= 15 is 0 Å². The van der Waals surface area contributed by atoms with Gasteiger partial charge in [-0.1, -0.05) is 27.7 Å². The van der Waals surface area contributed by atoms with Gasteiger partial charge in [0.05, 0.1) is 54.6 Å². The molecule has 49 heavy (non-hydrogen) atoms. The Balaban J connectivity index is 1.57. The first-order chi connectivity index (χ1) is 22.8. The average Bonchev–Trinajstić information content (AvgIpc) is 3.70. The summed E-state index contributed by atoms with van der Waals surface area (Å²) in [5, 5.41) is 34.3. The van der Waals surface area contributed by atoms with Gasteiger partial charge in [-0.3, -0.25) is 4.79 Å². The third-order valence-electron chi connectivity index (χ3n) is 12.2. The van der Waals surface area contributed by atoms with E-state index in [0.717, 1.165) is 0 Å². The Kier molecular flexibility index (Phi) is 11.6. The van der Waals surface area contributed by atoms with E-state index < -0.39 is 89.9 Å². The van der Waals surface area contributed by atoms with Gasteiger partial charge < -0.3 is 58.1 Å². The Morgan fingerprint density at radius 3 is 2.33 bits per heavy atom. The number of aliphatic hydroxyl groups is 3. The molecule has 0 amide bonds. The summed E-state index contributed by atoms with van der Waals surface area (Å²) in [7, 11) is 5.45. The molecule has 13 nitrogen and oxygen atoms in total. The van der Waals surface area contributed by atoms with Crippen LogP contribution in [0.1, 0.15) is 88.0 Å². The molecule has 5 aliphatic heterocycles. The molecule has 0 spiro atoms. The predicted octanol–water partition coefficient (Wildman–Crippen LogP) is 2.60. The first kappa shape index (κ1) is 39.2. The summed E-state index contributed by atoms with van der Waals surface area (Å²) in [5.41, 5.74) is -2.69. The highest BCUT2D eigenvalue weighted by Gasteiger charge is 2.66. The Morgan fingerprint density at radius 2 is 1.71 bits per heavy atom. The quantitative estimate of drug-likeness (QED) is 0.238. The molecule has 284 valence electrons. The third-order valence-corrected chi connectivity index (χ3v) is 12.2. The van der Waals surface area contributed by atoms with Gasteiger partial charge in [0.15, 0.2) is 12.6 Å². The topological polar surface area (TPSA) is 158 Å². The number of hydrogen-bond donors (Lipinski definition) is 3. The van der Waals surface area contributed by atoms with E-state index in [1.54, 1.807) is 21.0 Å². The standard InChI is InChI=1S/C36H63NO12/c1-13-24(38)35(9,41)30-19(4)27-17(2)15-34(8,48-27)29(47-33-26(39)23(37(10)11)14-18(3)43-33)20(5)28(21(6)32(40)46-30)45-25-16-36(42-12)31(49-36)22(7)44-25/h17-31,33,38-39,41H,13-16H2,1-12H3/t17?,18?,19-,20-,21+,22?,23?,24+,25-,26?,27?,28-,29+,30+,31-,33-,34+,35+,36?/m0/s1. The Labute approximate surface area is 292 Å². The number of carbonyl (C=O) groups excluding carboxylic acids is 1. The SMILES string of the molecule is CC[C@@H](O)[C@@](C)(O)[C@@H]1OC(=O)[C@H](C)[C@@H](O[C@H]2CC3(OC)O[C@H]3C(C)O2)[C@H](C)[C@@H](O[C@@H]2OC(C)CC(N(C)C)C2O)[C@@]2(C)CC(C)C(O2)[C@@H]1C. The van der Waals surface area contributed by atoms with Crippen LogP contribution in [0.5, 0.6) is 0 Å². The summed E-state index contributed by atoms with van der Waals surface area (Å²) in [6.07, 6.45) is -5.88. The van der Waals surface area contributed by atoms with Crippen molar-refractivity contribution in [3.8, 4) is 0 Å². The molecular weight excluding hydrogens is 638 g/mol. The second-order valence-electron chi connectivity index (χ2n) is 16.3. The Morgan fingerprint density at radius 1 is 1.04 bits per heavy atom. The van der Waals surface area contributed by atoms with E-state index in [-0.39, 0.29) is 36.7 Å². The van der Waals surface area contributed by atoms with Crippen molar-refractivity contribution in [1.29, 1.82) is 0 Å². The van der Waals surface area contributed by atoms with Gasteiger partial charge >= 0.3 is 5.97 Å². The normalized spacial score (nSPS) is 50.9. The van der Waals surface area contributed by atoms with E-state index in [0.29, 0.717) is 19.3 Å². The average molecular weight is 702 g/mol. The summed E-state index contributed by atoms with van der Waals surface area (Å²) in [5.74, 6) is -3.34. The number of fused-ring (bicyclic) bond motifs is 3. The molecular formula is C36H63NO12. The van der Waals surface area contributed by atoms with Crippen LogP contribution in [0.4, 0.5) is 0 Å². The highest BCUT2D eigenvalue weighted by molar-refractivity contribution is 5.73. The zero-order chi connectivity index (χ0) is 36.4. The van der Waals surface area contributed by atoms with Crippen LogP contribution in [0.15, 0.2) is 0 Å². The number of likely N-dealkylation sites (N-methyl/N-ethyl adjacent to an activating group) is 1. The van der Waals surface area contributed by atoms with Crippen molar-refractivity contribution in [3.63, 3.8) is 0 Å². The van der Waals surface area contributed by atoms with Crippen LogP contribution in [-0.4, -0.2) is 138 Å². The van der Waals surface area contributed by atoms with Crippen LogP contribution in [0, 0.1) is 23.7 Å². The monoisotopic (exact) mass is 701 g/mol. The van der Waals surface area contributed by atoms with E-state index in [1.807, 2.05) is 53.6 Å². The molecule has 5 aliphatic rings. The first-order valence-corrected chi connectivity index (χ1v) is 18.3. The van der Waals surface area contributed by atoms with Crippen molar-refractivity contribution in [2.45, 2.75) is 179 Å². The minimum absolute atomic E-state index is 0.0380. The van der Waals surface area contributed by atoms with Crippen LogP contribution < -0.4 is 0 Å². The molecule has 3 N–H and O–H groups in total. The van der Waals surface area contributed by atoms with Crippen molar-refractivity contribution in [1.82, 2.24) is 4.90 Å². The highest BCUT2D eigenvalue weighted by atomic mass is 16.8. The van der Waals surface area contributed by atoms with Gasteiger partial charge in [-0.15, -0.1) is 0 Å². The lowest BCUT2D eigenvalue weighted by molar-refractivity contribution is -0.308. The summed E-state index contributed by atoms with van der Waals surface area (Å²) in [6.45, 7) is 16.8. The summed E-state index contributed by atoms with van der Waals surface area (Å²) < 4.78 is 51.1. The Hall–Kier alpha value is -0.970. The van der Waals surface area contributed by atoms with Crippen molar-refractivity contribution >= 4 is 5.97 Å². The van der Waals surface area contributed by atoms with Crippen LogP contribution >= 0.6 is 0 Å². The largest absolute Gasteiger partial charge is 0.459 e. The molecule has 0 radical (unpaired) electrons. The van der Waals surface area contributed by atoms with Crippen LogP contribution in [0.25, 0.3) is 0 Å². The number of methoxy groups -OCH3 is 1. The number of hydrogen-bond acceptors (Lipinski definition) is 13. The molecule has 2 bridgehead atoms. The summed E-state index contributed by atoms with van der Waals surface area (Å²) >= 11 is 0. The van der Waals surface area contributed by atoms with E-state index in [2.05, 4.69) is 6.92 Å². The van der Waals surface area contributed by atoms with Crippen molar-refractivity contribution in [3.05, 3.63) is 0 Å². The number of aliphatic hydroxyl groups excluding tert-OH is 2. The van der Waals surface area contributed by atoms with E-state index in [1.165, 1.54) is 6.92 Å². The molecule has 0 saturated carbocycles. The van der Waals surface area contributed by atoms with Crippen LogP contribution in [0.3, 0.4) is 0 Å². The molecule has 5 fully saturated rings. The third kappa shape index (κ3) is 7.33. The van der Waals surface area contributed by atoms with Crippen LogP contribution in [-0.2, 0) is 42.7 Å². The minimum Gasteiger partial charge on any atom is -0.459 e. The molecule has 0 aromatic heterocycles. The fourth-order valence-electron chi connectivity index (χ4n) is 9.33. The van der Waals surface area contributed by atoms with Crippen molar-refractivity contribution in [2.75, 3.05) is 21.2 Å². The minimum atomic E-state index is -1.76. The van der Waals surface area contributed by atoms with Crippen molar-refractivity contribution < 1.29 is 58.0 Å². The number of carbonyl (C=O) groups is 1. The lowest BCUT2D eigenvalue weighted by Gasteiger charge is -2.47. The van der Waals surface area contributed by atoms with E-state index in [4.69, 9.17) is 37.9 Å². The van der Waals surface area contributed by atoms with Gasteiger partial charge in [0.1, 0.15) is 23.9 Å². The molecule has 5 heterocycles. The van der Waals surface area contributed by atoms with Gasteiger partial charge in [-0.05, 0) is 73.9 Å². The zero-order valence-electron chi connectivity index (χ0n) is 31.5. The summed E-state index contributed by atoms with van der Waals surface area (Å²) in [6, 6.07) is -0.196. The van der Waals surface area contributed by atoms with Gasteiger partial charge in [-0.2, -0.15) is 0 Å². The number of rotatable bonds is 9. The lowest BCUT2D eigenvalue weighted by Crippen LogP contribution is -2.59. The second-order valence-corrected chi connectivity index (χ2v) is 16.3. The number of ether oxygens (including phenoxy) is 8. The molecule has 5 rings (SSSR count). The van der Waals surface area contributed by atoms with Gasteiger partial charge in [0.2, 0.25) is 5.79 Å². The smallest absolute Gasteiger partial charge is 0.311 e. The maximum absolute atomic E-state index is 14.3. The maximum atomic E-state index is 14.3. The van der Waals surface area contributed by atoms with Crippen LogP contribution in [0.2, 0.25) is 0 Å².